The molecule has 2 nitrogen and oxygen atoms in total. The van der Waals surface area contributed by atoms with Crippen LogP contribution < -0.4 is 0 Å². The topological polar surface area (TPSA) is 37.3 Å². The Hall–Kier alpha value is -0.630. The van der Waals surface area contributed by atoms with Crippen molar-refractivity contribution in [1.29, 1.82) is 0 Å². The van der Waals surface area contributed by atoms with Crippen LogP contribution in [0.4, 0.5) is 0 Å². The lowest BCUT2D eigenvalue weighted by molar-refractivity contribution is -0.123. The molecule has 0 radical (unpaired) electrons. The van der Waals surface area contributed by atoms with Crippen LogP contribution in [-0.4, -0.2) is 16.5 Å². The zero-order valence-corrected chi connectivity index (χ0v) is 21.2. The van der Waals surface area contributed by atoms with E-state index >= 15 is 0 Å². The highest BCUT2D eigenvalue weighted by Crippen LogP contribution is 2.67. The van der Waals surface area contributed by atoms with Gasteiger partial charge in [0.15, 0.2) is 0 Å². The van der Waals surface area contributed by atoms with Gasteiger partial charge in [0, 0.05) is 12.3 Å². The van der Waals surface area contributed by atoms with Crippen LogP contribution in [-0.2, 0) is 4.79 Å². The van der Waals surface area contributed by atoms with Crippen molar-refractivity contribution in [1.82, 2.24) is 0 Å². The molecule has 0 aromatic heterocycles. The Balaban J connectivity index is 1.54. The van der Waals surface area contributed by atoms with E-state index in [1.54, 1.807) is 5.57 Å². The van der Waals surface area contributed by atoms with Gasteiger partial charge in [-0.1, -0.05) is 39.3 Å². The van der Waals surface area contributed by atoms with E-state index in [-0.39, 0.29) is 11.3 Å². The summed E-state index contributed by atoms with van der Waals surface area (Å²) in [6, 6.07) is 0. The van der Waals surface area contributed by atoms with Crippen LogP contribution in [0.25, 0.3) is 0 Å². The Labute approximate surface area is 191 Å². The molecule has 0 aliphatic heterocycles. The van der Waals surface area contributed by atoms with Gasteiger partial charge in [0.1, 0.15) is 5.78 Å². The van der Waals surface area contributed by atoms with Crippen molar-refractivity contribution < 1.29 is 9.90 Å². The number of hydrogen-bond donors (Lipinski definition) is 1. The average molecular weight is 429 g/mol. The monoisotopic (exact) mass is 428 g/mol. The van der Waals surface area contributed by atoms with Gasteiger partial charge in [-0.05, 0) is 118 Å². The summed E-state index contributed by atoms with van der Waals surface area (Å²) in [4.78, 5) is 12.7. The van der Waals surface area contributed by atoms with Crippen LogP contribution in [0.1, 0.15) is 112 Å². The van der Waals surface area contributed by atoms with Crippen LogP contribution in [0.3, 0.4) is 0 Å². The fourth-order valence-corrected chi connectivity index (χ4v) is 8.91. The van der Waals surface area contributed by atoms with E-state index in [1.807, 2.05) is 13.8 Å². The molecular weight excluding hydrogens is 380 g/mol. The number of carbonyl (C=O) groups is 1. The molecule has 1 unspecified atom stereocenters. The van der Waals surface area contributed by atoms with Gasteiger partial charge in [0.2, 0.25) is 0 Å². The summed E-state index contributed by atoms with van der Waals surface area (Å²) in [6.07, 6.45) is 15.3. The second kappa shape index (κ2) is 8.30. The third-order valence-electron chi connectivity index (χ3n) is 10.9. The van der Waals surface area contributed by atoms with E-state index < -0.39 is 5.60 Å². The van der Waals surface area contributed by atoms with Crippen LogP contribution in [0.2, 0.25) is 0 Å². The van der Waals surface area contributed by atoms with Crippen molar-refractivity contribution in [2.24, 2.45) is 46.3 Å². The van der Waals surface area contributed by atoms with E-state index in [0.717, 1.165) is 62.2 Å². The summed E-state index contributed by atoms with van der Waals surface area (Å²) in [5, 5.41) is 10.2. The molecule has 3 fully saturated rings. The fourth-order valence-electron chi connectivity index (χ4n) is 8.91. The molecule has 1 N–H and O–H groups in total. The van der Waals surface area contributed by atoms with Crippen molar-refractivity contribution in [2.45, 2.75) is 118 Å². The van der Waals surface area contributed by atoms with Crippen molar-refractivity contribution in [3.63, 3.8) is 0 Å². The number of hydrogen-bond acceptors (Lipinski definition) is 2. The number of rotatable bonds is 5. The van der Waals surface area contributed by atoms with E-state index in [1.165, 1.54) is 32.1 Å². The maximum absolute atomic E-state index is 12.7. The van der Waals surface area contributed by atoms with Crippen LogP contribution in [0.15, 0.2) is 11.6 Å². The summed E-state index contributed by atoms with van der Waals surface area (Å²) in [5.74, 6) is 4.73. The summed E-state index contributed by atoms with van der Waals surface area (Å²) >= 11 is 0. The van der Waals surface area contributed by atoms with Gasteiger partial charge < -0.3 is 5.11 Å². The number of Topliss-reactive ketones (excluding diaryl/α,β-unsaturated/α-hetero) is 1. The van der Waals surface area contributed by atoms with Crippen LogP contribution in [0, 0.1) is 46.3 Å². The van der Waals surface area contributed by atoms with Crippen LogP contribution in [0.5, 0.6) is 0 Å². The van der Waals surface area contributed by atoms with Gasteiger partial charge in [0.25, 0.3) is 0 Å². The predicted molar refractivity (Wildman–Crippen MR) is 129 cm³/mol. The molecule has 3 saturated carbocycles. The molecule has 4 aliphatic rings. The molecule has 31 heavy (non-hydrogen) atoms. The normalized spacial score (nSPS) is 44.0. The molecule has 0 heterocycles. The third kappa shape index (κ3) is 4.09. The molecule has 0 amide bonds. The largest absolute Gasteiger partial charge is 0.390 e. The Morgan fingerprint density at radius 1 is 1.16 bits per heavy atom. The predicted octanol–water partition coefficient (Wildman–Crippen LogP) is 7.35. The number of aliphatic hydroxyl groups is 1. The molecule has 8 atom stereocenters. The highest BCUT2D eigenvalue weighted by molar-refractivity contribution is 5.82. The summed E-state index contributed by atoms with van der Waals surface area (Å²) in [5.41, 5.74) is 1.82. The molecule has 0 saturated heterocycles. The minimum absolute atomic E-state index is 0.258. The summed E-state index contributed by atoms with van der Waals surface area (Å²) in [7, 11) is 0. The molecular formula is C29H48O2. The lowest BCUT2D eigenvalue weighted by atomic mass is 9.48. The second-order valence-corrected chi connectivity index (χ2v) is 13.1. The Bertz CT molecular complexity index is 715. The van der Waals surface area contributed by atoms with Crippen molar-refractivity contribution in [2.75, 3.05) is 0 Å². The van der Waals surface area contributed by atoms with Gasteiger partial charge >= 0.3 is 0 Å². The van der Waals surface area contributed by atoms with Crippen molar-refractivity contribution in [3.8, 4) is 0 Å². The summed E-state index contributed by atoms with van der Waals surface area (Å²) < 4.78 is 0. The third-order valence-corrected chi connectivity index (χ3v) is 10.9. The first-order valence-electron chi connectivity index (χ1n) is 13.4. The smallest absolute Gasteiger partial charge is 0.136 e. The minimum atomic E-state index is -0.544. The van der Waals surface area contributed by atoms with E-state index in [2.05, 4.69) is 33.8 Å². The average Bonchev–Trinajstić information content (AvgIpc) is 3.00. The Morgan fingerprint density at radius 2 is 1.90 bits per heavy atom. The number of ketones is 1. The molecule has 176 valence electrons. The van der Waals surface area contributed by atoms with E-state index in [0.29, 0.717) is 17.1 Å². The van der Waals surface area contributed by atoms with Crippen LogP contribution >= 0.6 is 0 Å². The number of carbonyl (C=O) groups excluding carboxylic acids is 1. The van der Waals surface area contributed by atoms with Gasteiger partial charge in [-0.25, -0.2) is 0 Å². The highest BCUT2D eigenvalue weighted by Gasteiger charge is 2.59. The molecule has 4 rings (SSSR count). The minimum Gasteiger partial charge on any atom is -0.390 e. The zero-order chi connectivity index (χ0) is 22.6. The van der Waals surface area contributed by atoms with Crippen molar-refractivity contribution >= 4 is 5.78 Å². The Morgan fingerprint density at radius 3 is 2.58 bits per heavy atom. The molecule has 0 bridgehead atoms. The highest BCUT2D eigenvalue weighted by atomic mass is 16.3. The molecule has 0 aromatic carbocycles. The first-order chi connectivity index (χ1) is 14.5. The van der Waals surface area contributed by atoms with Gasteiger partial charge in [-0.2, -0.15) is 0 Å². The second-order valence-electron chi connectivity index (χ2n) is 13.1. The lowest BCUT2D eigenvalue weighted by Gasteiger charge is -2.57. The maximum Gasteiger partial charge on any atom is 0.136 e. The van der Waals surface area contributed by atoms with E-state index in [4.69, 9.17) is 0 Å². The van der Waals surface area contributed by atoms with Gasteiger partial charge in [0.05, 0.1) is 5.60 Å². The number of fused-ring (bicyclic) bond motifs is 5. The zero-order valence-electron chi connectivity index (χ0n) is 21.2. The maximum atomic E-state index is 12.7. The SMILES string of the molecule is CCC1CC2=CC[C@H]3[C@@H]4CC[C@H]([C@H](C)CCC(C)(C)O)[C@@]4(C)CC[C@@H]3[C@@]2(C)CCC1=O. The standard InChI is InChI=1S/C29H48O2/c1-7-20-18-21-8-9-22-24-11-10-23(19(2)12-15-27(3,4)31)29(24,6)16-13-25(22)28(21,5)17-14-26(20)30/h8,19-20,22-25,31H,7,9-18H2,1-6H3/t19-,20?,22+,23-,24+,25+,28+,29-/m1/s1. The van der Waals surface area contributed by atoms with Gasteiger partial charge in [-0.15, -0.1) is 0 Å². The van der Waals surface area contributed by atoms with Gasteiger partial charge in [-0.3, -0.25) is 4.79 Å². The molecule has 0 aromatic rings. The Kier molecular flexibility index (Phi) is 6.30. The number of allylic oxidation sites excluding steroid dienone is 2. The quantitative estimate of drug-likeness (QED) is 0.465. The first-order valence-corrected chi connectivity index (χ1v) is 13.4. The first kappa shape index (κ1) is 23.5. The van der Waals surface area contributed by atoms with Crippen molar-refractivity contribution in [3.05, 3.63) is 11.6 Å². The fraction of sp³-hybridized carbons (Fsp3) is 0.897. The van der Waals surface area contributed by atoms with E-state index in [9.17, 15) is 9.90 Å². The molecule has 2 heteroatoms. The summed E-state index contributed by atoms with van der Waals surface area (Å²) in [6.45, 7) is 13.7. The molecule has 0 spiro atoms. The lowest BCUT2D eigenvalue weighted by Crippen LogP contribution is -2.49. The molecule has 4 aliphatic carbocycles.